The third-order valence-electron chi connectivity index (χ3n) is 4.33. The van der Waals surface area contributed by atoms with Crippen molar-refractivity contribution in [1.29, 1.82) is 0 Å². The Morgan fingerprint density at radius 3 is 2.46 bits per heavy atom. The average molecular weight is 322 g/mol. The van der Waals surface area contributed by atoms with Crippen LogP contribution in [0.25, 0.3) is 27.9 Å². The molecule has 0 unspecified atom stereocenters. The lowest BCUT2D eigenvalue weighted by atomic mass is 10.1. The Balaban J connectivity index is 1.95. The molecule has 122 valence electrons. The highest BCUT2D eigenvalue weighted by Crippen LogP contribution is 2.34. The zero-order valence-electron chi connectivity index (χ0n) is 14.1. The van der Waals surface area contributed by atoms with Crippen molar-refractivity contribution in [3.8, 4) is 28.1 Å². The van der Waals surface area contributed by atoms with E-state index in [1.807, 2.05) is 67.2 Å². The van der Waals surface area contributed by atoms with Crippen LogP contribution in [0.3, 0.4) is 0 Å². The minimum atomic E-state index is 0.766. The van der Waals surface area contributed by atoms with E-state index in [2.05, 4.69) is 15.2 Å². The van der Waals surface area contributed by atoms with Crippen LogP contribution in [0.4, 0.5) is 0 Å². The van der Waals surface area contributed by atoms with Crippen molar-refractivity contribution in [3.05, 3.63) is 42.9 Å². The van der Waals surface area contributed by atoms with Gasteiger partial charge < -0.3 is 9.30 Å². The molecular formula is C17H18N6O. The van der Waals surface area contributed by atoms with Crippen molar-refractivity contribution in [3.63, 3.8) is 0 Å². The predicted molar refractivity (Wildman–Crippen MR) is 90.9 cm³/mol. The molecule has 0 N–H and O–H groups in total. The van der Waals surface area contributed by atoms with Gasteiger partial charge in [0.25, 0.3) is 0 Å². The van der Waals surface area contributed by atoms with Gasteiger partial charge in [-0.25, -0.2) is 9.50 Å². The standard InChI is InChI=1S/C17H18N6O/c1-11-18-8-15(22(11)3)14-7-20-23-10-12(5-16(24-4)17(14)23)13-6-19-21(2)9-13/h5-10H,1-4H3. The number of fused-ring (bicyclic) bond motifs is 1. The van der Waals surface area contributed by atoms with Crippen LogP contribution < -0.4 is 4.74 Å². The Labute approximate surface area is 139 Å². The van der Waals surface area contributed by atoms with Gasteiger partial charge in [-0.3, -0.25) is 4.68 Å². The summed E-state index contributed by atoms with van der Waals surface area (Å²) in [5.74, 6) is 1.72. The molecule has 7 nitrogen and oxygen atoms in total. The number of aryl methyl sites for hydroxylation is 2. The molecule has 4 aromatic rings. The number of methoxy groups -OCH3 is 1. The maximum atomic E-state index is 5.65. The average Bonchev–Trinajstić information content (AvgIpc) is 3.27. The molecule has 24 heavy (non-hydrogen) atoms. The minimum Gasteiger partial charge on any atom is -0.494 e. The van der Waals surface area contributed by atoms with E-state index < -0.39 is 0 Å². The Morgan fingerprint density at radius 2 is 1.83 bits per heavy atom. The Kier molecular flexibility index (Phi) is 3.16. The van der Waals surface area contributed by atoms with Crippen LogP contribution >= 0.6 is 0 Å². The summed E-state index contributed by atoms with van der Waals surface area (Å²) in [6, 6.07) is 2.01. The largest absolute Gasteiger partial charge is 0.494 e. The molecule has 0 aliphatic heterocycles. The van der Waals surface area contributed by atoms with E-state index >= 15 is 0 Å². The van der Waals surface area contributed by atoms with Crippen molar-refractivity contribution < 1.29 is 4.74 Å². The summed E-state index contributed by atoms with van der Waals surface area (Å²) < 4.78 is 11.3. The highest BCUT2D eigenvalue weighted by Gasteiger charge is 2.17. The van der Waals surface area contributed by atoms with Crippen molar-refractivity contribution >= 4 is 5.52 Å². The van der Waals surface area contributed by atoms with E-state index in [1.54, 1.807) is 11.8 Å². The van der Waals surface area contributed by atoms with Gasteiger partial charge in [0.15, 0.2) is 0 Å². The molecule has 0 spiro atoms. The molecule has 0 radical (unpaired) electrons. The molecule has 7 heteroatoms. The number of ether oxygens (including phenoxy) is 1. The van der Waals surface area contributed by atoms with Crippen LogP contribution in [0.1, 0.15) is 5.82 Å². The number of aromatic nitrogens is 6. The van der Waals surface area contributed by atoms with Gasteiger partial charge in [0.05, 0.1) is 31.4 Å². The first-order valence-corrected chi connectivity index (χ1v) is 7.61. The highest BCUT2D eigenvalue weighted by atomic mass is 16.5. The van der Waals surface area contributed by atoms with Crippen molar-refractivity contribution in [1.82, 2.24) is 28.9 Å². The van der Waals surface area contributed by atoms with E-state index in [9.17, 15) is 0 Å². The third kappa shape index (κ3) is 2.09. The number of nitrogens with zero attached hydrogens (tertiary/aromatic N) is 6. The molecule has 0 fully saturated rings. The zero-order valence-corrected chi connectivity index (χ0v) is 14.1. The van der Waals surface area contributed by atoms with Gasteiger partial charge in [-0.15, -0.1) is 0 Å². The lowest BCUT2D eigenvalue weighted by Crippen LogP contribution is -1.96. The predicted octanol–water partition coefficient (Wildman–Crippen LogP) is 2.45. The van der Waals surface area contributed by atoms with Crippen molar-refractivity contribution in [2.45, 2.75) is 6.92 Å². The summed E-state index contributed by atoms with van der Waals surface area (Å²) in [5.41, 5.74) is 4.95. The number of hydrogen-bond donors (Lipinski definition) is 0. The smallest absolute Gasteiger partial charge is 0.145 e. The number of rotatable bonds is 3. The molecule has 0 bridgehead atoms. The topological polar surface area (TPSA) is 62.2 Å². The number of pyridine rings is 1. The lowest BCUT2D eigenvalue weighted by molar-refractivity contribution is 0.418. The number of imidazole rings is 1. The second-order valence-corrected chi connectivity index (χ2v) is 5.80. The first-order chi connectivity index (χ1) is 11.6. The van der Waals surface area contributed by atoms with E-state index in [4.69, 9.17) is 4.74 Å². The van der Waals surface area contributed by atoms with Crippen LogP contribution in [0.15, 0.2) is 37.1 Å². The fourth-order valence-electron chi connectivity index (χ4n) is 2.91. The summed E-state index contributed by atoms with van der Waals surface area (Å²) in [6.45, 7) is 1.98. The fraction of sp³-hybridized carbons (Fsp3) is 0.235. The van der Waals surface area contributed by atoms with E-state index in [0.29, 0.717) is 0 Å². The van der Waals surface area contributed by atoms with E-state index in [1.165, 1.54) is 0 Å². The first kappa shape index (κ1) is 14.5. The van der Waals surface area contributed by atoms with Gasteiger partial charge in [0, 0.05) is 43.2 Å². The molecule has 4 heterocycles. The molecule has 0 saturated carbocycles. The molecule has 0 saturated heterocycles. The Morgan fingerprint density at radius 1 is 1.00 bits per heavy atom. The molecule has 4 aromatic heterocycles. The van der Waals surface area contributed by atoms with Gasteiger partial charge in [-0.05, 0) is 13.0 Å². The molecular weight excluding hydrogens is 304 g/mol. The molecule has 0 atom stereocenters. The van der Waals surface area contributed by atoms with Crippen LogP contribution in [0.5, 0.6) is 5.75 Å². The summed E-state index contributed by atoms with van der Waals surface area (Å²) in [7, 11) is 5.57. The lowest BCUT2D eigenvalue weighted by Gasteiger charge is -2.09. The quantitative estimate of drug-likeness (QED) is 0.581. The maximum absolute atomic E-state index is 5.65. The third-order valence-corrected chi connectivity index (χ3v) is 4.33. The normalized spacial score (nSPS) is 11.3. The van der Waals surface area contributed by atoms with Crippen molar-refractivity contribution in [2.75, 3.05) is 7.11 Å². The molecule has 0 aliphatic rings. The monoisotopic (exact) mass is 322 g/mol. The van der Waals surface area contributed by atoms with Gasteiger partial charge in [-0.1, -0.05) is 0 Å². The van der Waals surface area contributed by atoms with Crippen LogP contribution in [-0.4, -0.2) is 36.1 Å². The number of hydrogen-bond acceptors (Lipinski definition) is 4. The summed E-state index contributed by atoms with van der Waals surface area (Å²) in [6.07, 6.45) is 9.49. The van der Waals surface area contributed by atoms with Crippen LogP contribution in [-0.2, 0) is 14.1 Å². The molecule has 0 aromatic carbocycles. The molecule has 0 aliphatic carbocycles. The van der Waals surface area contributed by atoms with Gasteiger partial charge >= 0.3 is 0 Å². The molecule has 0 amide bonds. The Hall–Kier alpha value is -3.09. The van der Waals surface area contributed by atoms with E-state index in [-0.39, 0.29) is 0 Å². The second kappa shape index (κ2) is 5.23. The maximum Gasteiger partial charge on any atom is 0.145 e. The Bertz CT molecular complexity index is 1040. The minimum absolute atomic E-state index is 0.766. The zero-order chi connectivity index (χ0) is 16.8. The van der Waals surface area contributed by atoms with Gasteiger partial charge in [0.2, 0.25) is 0 Å². The summed E-state index contributed by atoms with van der Waals surface area (Å²) in [4.78, 5) is 4.38. The first-order valence-electron chi connectivity index (χ1n) is 7.61. The highest BCUT2D eigenvalue weighted by molar-refractivity contribution is 5.85. The summed E-state index contributed by atoms with van der Waals surface area (Å²) >= 11 is 0. The van der Waals surface area contributed by atoms with Crippen LogP contribution in [0.2, 0.25) is 0 Å². The fourth-order valence-corrected chi connectivity index (χ4v) is 2.91. The SMILES string of the molecule is COc1cc(-c2cnn(C)c2)cn2ncc(-c3cnc(C)n3C)c12. The van der Waals surface area contributed by atoms with Crippen LogP contribution in [0, 0.1) is 6.92 Å². The summed E-state index contributed by atoms with van der Waals surface area (Å²) in [5, 5.41) is 8.75. The second-order valence-electron chi connectivity index (χ2n) is 5.80. The van der Waals surface area contributed by atoms with Crippen molar-refractivity contribution in [2.24, 2.45) is 14.1 Å². The van der Waals surface area contributed by atoms with Gasteiger partial charge in [0.1, 0.15) is 17.1 Å². The molecule has 4 rings (SSSR count). The van der Waals surface area contributed by atoms with Gasteiger partial charge in [-0.2, -0.15) is 10.2 Å². The van der Waals surface area contributed by atoms with E-state index in [0.717, 1.165) is 39.5 Å².